The van der Waals surface area contributed by atoms with E-state index < -0.39 is 12.0 Å². The topological polar surface area (TPSA) is 58.6 Å². The molecule has 0 spiro atoms. The number of ether oxygens (including phenoxy) is 1. The van der Waals surface area contributed by atoms with Crippen LogP contribution in [-0.2, 0) is 11.3 Å². The number of hydrogen-bond acceptors (Lipinski definition) is 3. The van der Waals surface area contributed by atoms with Gasteiger partial charge in [-0.3, -0.25) is 4.79 Å². The maximum Gasteiger partial charge on any atom is 0.320 e. The van der Waals surface area contributed by atoms with Gasteiger partial charge in [-0.15, -0.1) is 0 Å². The van der Waals surface area contributed by atoms with Crippen molar-refractivity contribution in [1.82, 2.24) is 5.32 Å². The van der Waals surface area contributed by atoms with E-state index in [0.29, 0.717) is 6.54 Å². The Morgan fingerprint density at radius 3 is 2.43 bits per heavy atom. The van der Waals surface area contributed by atoms with Crippen molar-refractivity contribution in [3.05, 3.63) is 29.8 Å². The summed E-state index contributed by atoms with van der Waals surface area (Å²) in [5.74, 6) is 0.123. The smallest absolute Gasteiger partial charge is 0.320 e. The van der Waals surface area contributed by atoms with Crippen LogP contribution in [0.1, 0.15) is 45.6 Å². The predicted molar refractivity (Wildman–Crippen MR) is 84.6 cm³/mol. The third kappa shape index (κ3) is 6.63. The summed E-state index contributed by atoms with van der Waals surface area (Å²) in [5.41, 5.74) is 1.06. The van der Waals surface area contributed by atoms with Crippen molar-refractivity contribution >= 4 is 5.97 Å². The number of carboxylic acids is 1. The molecule has 118 valence electrons. The fourth-order valence-corrected chi connectivity index (χ4v) is 2.08. The van der Waals surface area contributed by atoms with Gasteiger partial charge >= 0.3 is 5.97 Å². The summed E-state index contributed by atoms with van der Waals surface area (Å²) in [6.07, 6.45) is 3.46. The zero-order valence-corrected chi connectivity index (χ0v) is 13.3. The fourth-order valence-electron chi connectivity index (χ4n) is 2.08. The lowest BCUT2D eigenvalue weighted by molar-refractivity contribution is -0.140. The molecular weight excluding hydrogens is 266 g/mol. The third-order valence-electron chi connectivity index (χ3n) is 3.40. The van der Waals surface area contributed by atoms with Crippen molar-refractivity contribution in [2.45, 2.75) is 52.6 Å². The molecule has 1 rings (SSSR count). The number of aliphatic carboxylic acids is 1. The summed E-state index contributed by atoms with van der Waals surface area (Å²) in [6.45, 7) is 7.27. The van der Waals surface area contributed by atoms with Crippen LogP contribution in [0, 0.1) is 5.92 Å². The first-order chi connectivity index (χ1) is 10.0. The molecule has 2 N–H and O–H groups in total. The Labute approximate surface area is 127 Å². The summed E-state index contributed by atoms with van der Waals surface area (Å²) in [6, 6.07) is 7.31. The van der Waals surface area contributed by atoms with Gasteiger partial charge in [0.1, 0.15) is 11.8 Å². The number of carbonyl (C=O) groups is 1. The Balaban J connectivity index is 2.41. The second-order valence-electron chi connectivity index (χ2n) is 5.64. The van der Waals surface area contributed by atoms with Gasteiger partial charge in [0, 0.05) is 6.54 Å². The Morgan fingerprint density at radius 2 is 1.90 bits per heavy atom. The summed E-state index contributed by atoms with van der Waals surface area (Å²) in [7, 11) is 0. The highest BCUT2D eigenvalue weighted by atomic mass is 16.5. The second-order valence-corrected chi connectivity index (χ2v) is 5.64. The van der Waals surface area contributed by atoms with Gasteiger partial charge in [0.2, 0.25) is 0 Å². The number of hydrogen-bond donors (Lipinski definition) is 2. The lowest BCUT2D eigenvalue weighted by Gasteiger charge is -2.18. The number of nitrogens with one attached hydrogen (secondary N) is 1. The van der Waals surface area contributed by atoms with Crippen LogP contribution in [0.5, 0.6) is 5.75 Å². The van der Waals surface area contributed by atoms with E-state index >= 15 is 0 Å². The molecule has 0 radical (unpaired) electrons. The quantitative estimate of drug-likeness (QED) is 0.649. The van der Waals surface area contributed by atoms with Crippen LogP contribution < -0.4 is 10.1 Å². The monoisotopic (exact) mass is 293 g/mol. The second kappa shape index (κ2) is 9.40. The summed E-state index contributed by atoms with van der Waals surface area (Å²) in [4.78, 5) is 11.1. The van der Waals surface area contributed by atoms with Gasteiger partial charge < -0.3 is 15.2 Å². The molecule has 0 saturated carbocycles. The molecule has 1 aromatic rings. The lowest BCUT2D eigenvalue weighted by atomic mass is 10.0. The number of benzene rings is 1. The van der Waals surface area contributed by atoms with Crippen LogP contribution in [0.3, 0.4) is 0 Å². The molecule has 4 heteroatoms. The molecule has 0 heterocycles. The SMILES string of the molecule is CCCCCOc1ccc(CNC(C(=O)O)C(C)C)cc1. The first-order valence-corrected chi connectivity index (χ1v) is 7.72. The van der Waals surface area contributed by atoms with Crippen LogP contribution >= 0.6 is 0 Å². The van der Waals surface area contributed by atoms with E-state index in [4.69, 9.17) is 9.84 Å². The van der Waals surface area contributed by atoms with Crippen molar-refractivity contribution in [2.24, 2.45) is 5.92 Å². The number of carboxylic acid groups (broad SMARTS) is 1. The number of rotatable bonds is 10. The summed E-state index contributed by atoms with van der Waals surface area (Å²) >= 11 is 0. The Kier molecular flexibility index (Phi) is 7.83. The lowest BCUT2D eigenvalue weighted by Crippen LogP contribution is -2.40. The Morgan fingerprint density at radius 1 is 1.24 bits per heavy atom. The molecule has 0 amide bonds. The van der Waals surface area contributed by atoms with Crippen LogP contribution in [0.2, 0.25) is 0 Å². The van der Waals surface area contributed by atoms with Crippen molar-refractivity contribution in [1.29, 1.82) is 0 Å². The summed E-state index contributed by atoms with van der Waals surface area (Å²) < 4.78 is 5.65. The molecule has 0 aliphatic rings. The highest BCUT2D eigenvalue weighted by Gasteiger charge is 2.20. The van der Waals surface area contributed by atoms with Gasteiger partial charge in [-0.2, -0.15) is 0 Å². The zero-order valence-electron chi connectivity index (χ0n) is 13.3. The van der Waals surface area contributed by atoms with E-state index in [1.54, 1.807) is 0 Å². The molecular formula is C17H27NO3. The van der Waals surface area contributed by atoms with Gasteiger partial charge in [-0.05, 0) is 30.0 Å². The Hall–Kier alpha value is -1.55. The molecule has 0 aliphatic carbocycles. The molecule has 1 aromatic carbocycles. The highest BCUT2D eigenvalue weighted by molar-refractivity contribution is 5.73. The molecule has 0 aliphatic heterocycles. The first-order valence-electron chi connectivity index (χ1n) is 7.72. The van der Waals surface area contributed by atoms with E-state index in [1.807, 2.05) is 38.1 Å². The molecule has 0 bridgehead atoms. The van der Waals surface area contributed by atoms with E-state index in [-0.39, 0.29) is 5.92 Å². The Bertz CT molecular complexity index is 415. The van der Waals surface area contributed by atoms with E-state index in [1.165, 1.54) is 12.8 Å². The van der Waals surface area contributed by atoms with Gasteiger partial charge in [0.15, 0.2) is 0 Å². The minimum absolute atomic E-state index is 0.0590. The van der Waals surface area contributed by atoms with Crippen molar-refractivity contribution in [3.63, 3.8) is 0 Å². The molecule has 1 unspecified atom stereocenters. The van der Waals surface area contributed by atoms with Crippen LogP contribution in [0.25, 0.3) is 0 Å². The normalized spacial score (nSPS) is 12.4. The van der Waals surface area contributed by atoms with Gasteiger partial charge in [0.05, 0.1) is 6.61 Å². The van der Waals surface area contributed by atoms with Gasteiger partial charge in [0.25, 0.3) is 0 Å². The minimum atomic E-state index is -0.805. The van der Waals surface area contributed by atoms with E-state index in [2.05, 4.69) is 12.2 Å². The van der Waals surface area contributed by atoms with E-state index in [9.17, 15) is 4.79 Å². The molecule has 0 fully saturated rings. The minimum Gasteiger partial charge on any atom is -0.494 e. The highest BCUT2D eigenvalue weighted by Crippen LogP contribution is 2.13. The average Bonchev–Trinajstić information content (AvgIpc) is 2.44. The number of unbranched alkanes of at least 4 members (excludes halogenated alkanes) is 2. The first kappa shape index (κ1) is 17.5. The van der Waals surface area contributed by atoms with Crippen molar-refractivity contribution in [3.8, 4) is 5.75 Å². The predicted octanol–water partition coefficient (Wildman–Crippen LogP) is 3.45. The maximum atomic E-state index is 11.1. The van der Waals surface area contributed by atoms with Crippen LogP contribution in [0.4, 0.5) is 0 Å². The van der Waals surface area contributed by atoms with Gasteiger partial charge in [-0.1, -0.05) is 45.7 Å². The molecule has 1 atom stereocenters. The van der Waals surface area contributed by atoms with Gasteiger partial charge in [-0.25, -0.2) is 0 Å². The van der Waals surface area contributed by atoms with Crippen molar-refractivity contribution in [2.75, 3.05) is 6.61 Å². The standard InChI is InChI=1S/C17H27NO3/c1-4-5-6-11-21-15-9-7-14(8-10-15)12-18-16(13(2)3)17(19)20/h7-10,13,16,18H,4-6,11-12H2,1-3H3,(H,19,20). The maximum absolute atomic E-state index is 11.1. The molecule has 0 saturated heterocycles. The van der Waals surface area contributed by atoms with Crippen LogP contribution in [0.15, 0.2) is 24.3 Å². The average molecular weight is 293 g/mol. The molecule has 4 nitrogen and oxygen atoms in total. The van der Waals surface area contributed by atoms with E-state index in [0.717, 1.165) is 24.3 Å². The fraction of sp³-hybridized carbons (Fsp3) is 0.588. The van der Waals surface area contributed by atoms with Crippen LogP contribution in [-0.4, -0.2) is 23.7 Å². The van der Waals surface area contributed by atoms with Crippen molar-refractivity contribution < 1.29 is 14.6 Å². The molecule has 0 aromatic heterocycles. The third-order valence-corrected chi connectivity index (χ3v) is 3.40. The zero-order chi connectivity index (χ0) is 15.7. The largest absolute Gasteiger partial charge is 0.494 e. The molecule has 21 heavy (non-hydrogen) atoms. The summed E-state index contributed by atoms with van der Waals surface area (Å²) in [5, 5.41) is 12.2.